The van der Waals surface area contributed by atoms with Gasteiger partial charge in [-0.3, -0.25) is 19.3 Å². The number of piperazine rings is 1. The average Bonchev–Trinajstić information content (AvgIpc) is 3.45. The summed E-state index contributed by atoms with van der Waals surface area (Å²) in [6.45, 7) is 12.6. The van der Waals surface area contributed by atoms with Crippen molar-refractivity contribution in [3.63, 3.8) is 0 Å². The molecule has 0 aliphatic carbocycles. The number of nitrogens with one attached hydrogen (secondary N) is 3. The number of nitrogens with zero attached hydrogens (tertiary/aromatic N) is 4. The number of amidine groups is 1. The van der Waals surface area contributed by atoms with E-state index in [1.165, 1.54) is 0 Å². The second-order valence-corrected chi connectivity index (χ2v) is 15.6. The normalized spacial score (nSPS) is 15.4. The van der Waals surface area contributed by atoms with Gasteiger partial charge in [0.2, 0.25) is 17.7 Å². The van der Waals surface area contributed by atoms with Gasteiger partial charge in [0.25, 0.3) is 0 Å². The molecule has 3 heterocycles. The lowest BCUT2D eigenvalue weighted by Crippen LogP contribution is -2.51. The van der Waals surface area contributed by atoms with Gasteiger partial charge in [-0.2, -0.15) is 0 Å². The standard InChI is InChI=1S/C39H58N10O6S/c1-5-14-48(15-6-2)37(52)27-20-32-31(45-33(40)21-27)22-29(56-32)23-47-16-18-49(19-17-47)39(54)55-24-26-9-11-28(12-10-26)44-35(50)30(8-7-13-43-38(42)53)46-36(51)34(41)25(3)4/h9-12,20,22,25,30,34H,5-8,13-19,21,23-24,41H2,1-4H3,(H2,40,45)(H,44,50)(H,46,51)(H3,42,43,53)/t30-,34-/m0/s1. The first-order valence-electron chi connectivity index (χ1n) is 19.4. The Labute approximate surface area is 333 Å². The summed E-state index contributed by atoms with van der Waals surface area (Å²) in [5, 5.41) is 8.00. The van der Waals surface area contributed by atoms with Crippen LogP contribution in [0.4, 0.5) is 21.0 Å². The number of aliphatic imine (C=N–C) groups is 1. The van der Waals surface area contributed by atoms with Crippen molar-refractivity contribution >= 4 is 64.5 Å². The van der Waals surface area contributed by atoms with E-state index in [0.29, 0.717) is 75.8 Å². The highest BCUT2D eigenvalue weighted by Crippen LogP contribution is 2.35. The number of benzene rings is 1. The molecule has 6 amide bonds. The summed E-state index contributed by atoms with van der Waals surface area (Å²) in [6.07, 6.45) is 4.32. The summed E-state index contributed by atoms with van der Waals surface area (Å²) < 4.78 is 5.61. The summed E-state index contributed by atoms with van der Waals surface area (Å²) in [5.41, 5.74) is 20.0. The Morgan fingerprint density at radius 3 is 2.30 bits per heavy atom. The number of primary amides is 1. The summed E-state index contributed by atoms with van der Waals surface area (Å²) in [4.78, 5) is 75.6. The molecular weight excluding hydrogens is 737 g/mol. The zero-order chi connectivity index (χ0) is 40.8. The van der Waals surface area contributed by atoms with Gasteiger partial charge in [-0.1, -0.05) is 39.8 Å². The molecule has 4 rings (SSSR count). The lowest BCUT2D eigenvalue weighted by molar-refractivity contribution is -0.128. The number of amides is 6. The van der Waals surface area contributed by atoms with Crippen molar-refractivity contribution in [2.24, 2.45) is 28.1 Å². The lowest BCUT2D eigenvalue weighted by Gasteiger charge is -2.33. The van der Waals surface area contributed by atoms with Crippen LogP contribution in [0.25, 0.3) is 6.08 Å². The lowest BCUT2D eigenvalue weighted by atomic mass is 10.0. The Balaban J connectivity index is 1.25. The third-order valence-corrected chi connectivity index (χ3v) is 10.6. The number of carbonyl (C=O) groups is 5. The Kier molecular flexibility index (Phi) is 16.7. The molecule has 306 valence electrons. The topological polar surface area (TPSA) is 231 Å². The van der Waals surface area contributed by atoms with Gasteiger partial charge in [0.1, 0.15) is 18.5 Å². The van der Waals surface area contributed by atoms with E-state index >= 15 is 0 Å². The number of carbonyl (C=O) groups excluding carboxylic acids is 5. The molecule has 0 spiro atoms. The van der Waals surface area contributed by atoms with Crippen molar-refractivity contribution in [3.8, 4) is 0 Å². The van der Waals surface area contributed by atoms with Crippen molar-refractivity contribution in [2.45, 2.75) is 85.0 Å². The van der Waals surface area contributed by atoms with E-state index in [4.69, 9.17) is 21.9 Å². The van der Waals surface area contributed by atoms with Gasteiger partial charge in [-0.15, -0.1) is 11.3 Å². The molecule has 1 saturated heterocycles. The minimum absolute atomic E-state index is 0.0174. The van der Waals surface area contributed by atoms with E-state index in [1.807, 2.05) is 30.9 Å². The van der Waals surface area contributed by atoms with Crippen LogP contribution in [0.3, 0.4) is 0 Å². The average molecular weight is 795 g/mol. The van der Waals surface area contributed by atoms with Crippen LogP contribution in [0.2, 0.25) is 0 Å². The summed E-state index contributed by atoms with van der Waals surface area (Å²) in [7, 11) is 0. The van der Waals surface area contributed by atoms with Gasteiger partial charge >= 0.3 is 12.1 Å². The maximum atomic E-state index is 13.4. The third-order valence-electron chi connectivity index (χ3n) is 9.50. The highest BCUT2D eigenvalue weighted by atomic mass is 32.1. The van der Waals surface area contributed by atoms with E-state index in [-0.39, 0.29) is 31.4 Å². The first-order valence-corrected chi connectivity index (χ1v) is 20.2. The zero-order valence-electron chi connectivity index (χ0n) is 33.0. The highest BCUT2D eigenvalue weighted by molar-refractivity contribution is 7.13. The molecular formula is C39H58N10O6S. The quantitative estimate of drug-likeness (QED) is 0.121. The Hall–Kier alpha value is -5.00. The smallest absolute Gasteiger partial charge is 0.410 e. The molecule has 2 aliphatic heterocycles. The number of urea groups is 1. The molecule has 2 atom stereocenters. The fourth-order valence-corrected chi connectivity index (χ4v) is 7.44. The summed E-state index contributed by atoms with van der Waals surface area (Å²) >= 11 is 1.61. The predicted octanol–water partition coefficient (Wildman–Crippen LogP) is 3.48. The van der Waals surface area contributed by atoms with Crippen molar-refractivity contribution < 1.29 is 28.7 Å². The molecule has 17 heteroatoms. The van der Waals surface area contributed by atoms with E-state index in [9.17, 15) is 24.0 Å². The van der Waals surface area contributed by atoms with Gasteiger partial charge in [0.05, 0.1) is 16.6 Å². The number of ether oxygens (including phenoxy) is 1. The Morgan fingerprint density at radius 1 is 1.00 bits per heavy atom. The monoisotopic (exact) mass is 794 g/mol. The Morgan fingerprint density at radius 2 is 1.68 bits per heavy atom. The molecule has 2 aromatic rings. The number of nitrogens with two attached hydrogens (primary N) is 3. The molecule has 2 aliphatic rings. The first-order chi connectivity index (χ1) is 26.8. The van der Waals surface area contributed by atoms with Gasteiger partial charge in [0, 0.05) is 74.9 Å². The highest BCUT2D eigenvalue weighted by Gasteiger charge is 2.27. The first kappa shape index (κ1) is 43.7. The number of fused-ring (bicyclic) bond motifs is 1. The minimum Gasteiger partial charge on any atom is -0.445 e. The minimum atomic E-state index is -0.883. The van der Waals surface area contributed by atoms with Crippen LogP contribution in [-0.4, -0.2) is 108 Å². The summed E-state index contributed by atoms with van der Waals surface area (Å²) in [6, 6.07) is 6.59. The molecule has 0 saturated carbocycles. The van der Waals surface area contributed by atoms with E-state index in [2.05, 4.69) is 39.7 Å². The largest absolute Gasteiger partial charge is 0.445 e. The van der Waals surface area contributed by atoms with E-state index in [1.54, 1.807) is 40.5 Å². The number of hydrogen-bond acceptors (Lipinski definition) is 11. The van der Waals surface area contributed by atoms with Crippen LogP contribution < -0.4 is 33.2 Å². The van der Waals surface area contributed by atoms with Crippen LogP contribution in [0.1, 0.15) is 75.1 Å². The fraction of sp³-hybridized carbons (Fsp3) is 0.538. The number of anilines is 1. The van der Waals surface area contributed by atoms with Crippen LogP contribution >= 0.6 is 11.3 Å². The number of thiophene rings is 1. The molecule has 16 nitrogen and oxygen atoms in total. The fourth-order valence-electron chi connectivity index (χ4n) is 6.33. The van der Waals surface area contributed by atoms with Crippen molar-refractivity contribution in [1.29, 1.82) is 0 Å². The van der Waals surface area contributed by atoms with Gasteiger partial charge in [0.15, 0.2) is 0 Å². The van der Waals surface area contributed by atoms with Crippen molar-refractivity contribution in [2.75, 3.05) is 51.1 Å². The second kappa shape index (κ2) is 21.3. The van der Waals surface area contributed by atoms with Gasteiger partial charge < -0.3 is 47.7 Å². The van der Waals surface area contributed by atoms with Gasteiger partial charge in [-0.05, 0) is 61.4 Å². The van der Waals surface area contributed by atoms with Gasteiger partial charge in [-0.25, -0.2) is 14.6 Å². The van der Waals surface area contributed by atoms with Crippen LogP contribution in [0.5, 0.6) is 0 Å². The molecule has 0 unspecified atom stereocenters. The predicted molar refractivity (Wildman–Crippen MR) is 219 cm³/mol. The maximum absolute atomic E-state index is 13.4. The second-order valence-electron chi connectivity index (χ2n) is 14.5. The Bertz CT molecular complexity index is 1730. The molecule has 1 fully saturated rings. The van der Waals surface area contributed by atoms with Crippen LogP contribution in [0, 0.1) is 5.92 Å². The zero-order valence-corrected chi connectivity index (χ0v) is 33.8. The molecule has 1 aromatic heterocycles. The molecule has 9 N–H and O–H groups in total. The van der Waals surface area contributed by atoms with E-state index < -0.39 is 36.0 Å². The number of hydrogen-bond donors (Lipinski definition) is 6. The molecule has 56 heavy (non-hydrogen) atoms. The SMILES string of the molecule is CCCN(CCC)C(=O)C1=Cc2sc(CN3CCN(C(=O)OCc4ccc(NC(=O)[C@H](CCCNC(N)=O)NC(=O)[C@@H](N)C(C)C)cc4)CC3)cc2N=C(N)C1. The molecule has 0 radical (unpaired) electrons. The maximum Gasteiger partial charge on any atom is 0.410 e. The van der Waals surface area contributed by atoms with E-state index in [0.717, 1.165) is 33.8 Å². The van der Waals surface area contributed by atoms with Crippen LogP contribution in [-0.2, 0) is 32.3 Å². The third kappa shape index (κ3) is 13.1. The molecule has 0 bridgehead atoms. The van der Waals surface area contributed by atoms with Crippen molar-refractivity contribution in [1.82, 2.24) is 25.3 Å². The molecule has 1 aromatic carbocycles. The number of rotatable bonds is 18. The van der Waals surface area contributed by atoms with Crippen molar-refractivity contribution in [3.05, 3.63) is 51.2 Å². The van der Waals surface area contributed by atoms with Crippen LogP contribution in [0.15, 0.2) is 40.9 Å². The summed E-state index contributed by atoms with van der Waals surface area (Å²) in [5.74, 6) is -0.549.